The van der Waals surface area contributed by atoms with Crippen molar-refractivity contribution < 1.29 is 27.1 Å². The first-order valence-electron chi connectivity index (χ1n) is 12.0. The van der Waals surface area contributed by atoms with Gasteiger partial charge in [0.1, 0.15) is 23.1 Å². The van der Waals surface area contributed by atoms with Gasteiger partial charge in [-0.25, -0.2) is 9.18 Å². The molecule has 2 aromatic carbocycles. The number of nitrogens with one attached hydrogen (secondary N) is 1. The van der Waals surface area contributed by atoms with Crippen LogP contribution in [0.1, 0.15) is 41.6 Å². The molecular weight excluding hydrogens is 506 g/mol. The maximum atomic E-state index is 15.3. The molecule has 8 nitrogen and oxygen atoms in total. The van der Waals surface area contributed by atoms with Gasteiger partial charge in [0.2, 0.25) is 0 Å². The zero-order valence-corrected chi connectivity index (χ0v) is 20.5. The molecular formula is C26H23F4N5O3. The zero-order chi connectivity index (χ0) is 27.2. The van der Waals surface area contributed by atoms with Gasteiger partial charge in [-0.3, -0.25) is 14.3 Å². The minimum Gasteiger partial charge on any atom is -0.480 e. The van der Waals surface area contributed by atoms with Gasteiger partial charge in [-0.15, -0.1) is 5.10 Å². The van der Waals surface area contributed by atoms with E-state index in [-0.39, 0.29) is 0 Å². The highest BCUT2D eigenvalue weighted by Crippen LogP contribution is 2.31. The quantitative estimate of drug-likeness (QED) is 0.370. The smallest absolute Gasteiger partial charge is 0.425 e. The van der Waals surface area contributed by atoms with Crippen LogP contribution in [-0.4, -0.2) is 37.5 Å². The van der Waals surface area contributed by atoms with E-state index in [1.54, 1.807) is 24.3 Å². The number of rotatable bonds is 5. The van der Waals surface area contributed by atoms with Gasteiger partial charge in [-0.2, -0.15) is 17.9 Å². The van der Waals surface area contributed by atoms with Crippen molar-refractivity contribution in [3.05, 3.63) is 75.8 Å². The molecule has 1 amide bonds. The van der Waals surface area contributed by atoms with Crippen LogP contribution in [0.3, 0.4) is 0 Å². The van der Waals surface area contributed by atoms with Crippen molar-refractivity contribution in [3.8, 4) is 11.4 Å². The van der Waals surface area contributed by atoms with E-state index in [4.69, 9.17) is 4.74 Å². The number of hydrogen-bond donors (Lipinski definition) is 1. The van der Waals surface area contributed by atoms with E-state index in [1.165, 1.54) is 4.57 Å². The minimum absolute atomic E-state index is 0.324. The highest BCUT2D eigenvalue weighted by molar-refractivity contribution is 6.07. The van der Waals surface area contributed by atoms with E-state index in [1.807, 2.05) is 13.0 Å². The number of carbonyl (C=O) groups excluding carboxylic acids is 1. The summed E-state index contributed by atoms with van der Waals surface area (Å²) in [6.45, 7) is 3.01. The van der Waals surface area contributed by atoms with Crippen molar-refractivity contribution in [1.29, 1.82) is 0 Å². The van der Waals surface area contributed by atoms with Crippen LogP contribution in [0.15, 0.2) is 47.3 Å². The number of aryl methyl sites for hydroxylation is 2. The third kappa shape index (κ3) is 4.85. The molecule has 0 aliphatic carbocycles. The summed E-state index contributed by atoms with van der Waals surface area (Å²) in [6, 6.07) is 10.1. The lowest BCUT2D eigenvalue weighted by Gasteiger charge is -2.20. The summed E-state index contributed by atoms with van der Waals surface area (Å²) in [5.41, 5.74) is 0.320. The molecule has 1 aliphatic rings. The first kappa shape index (κ1) is 25.4. The summed E-state index contributed by atoms with van der Waals surface area (Å²) in [5.74, 6) is -2.00. The average Bonchev–Trinajstić information content (AvgIpc) is 3.20. The highest BCUT2D eigenvalue weighted by Gasteiger charge is 2.39. The Morgan fingerprint density at radius 1 is 1.13 bits per heavy atom. The molecule has 2 aromatic heterocycles. The lowest BCUT2D eigenvalue weighted by molar-refractivity contribution is -0.189. The summed E-state index contributed by atoms with van der Waals surface area (Å²) < 4.78 is 62.6. The monoisotopic (exact) mass is 529 g/mol. The van der Waals surface area contributed by atoms with Crippen LogP contribution < -0.4 is 15.7 Å². The van der Waals surface area contributed by atoms with E-state index in [2.05, 4.69) is 15.4 Å². The second kappa shape index (κ2) is 9.58. The third-order valence-corrected chi connectivity index (χ3v) is 6.34. The first-order chi connectivity index (χ1) is 18.0. The fourth-order valence-corrected chi connectivity index (χ4v) is 4.30. The fourth-order valence-electron chi connectivity index (χ4n) is 4.30. The second-order valence-electron chi connectivity index (χ2n) is 9.14. The Bertz CT molecular complexity index is 1610. The number of ether oxygens (including phenoxy) is 1. The molecule has 1 atom stereocenters. The number of pyridine rings is 1. The molecule has 5 rings (SSSR count). The number of aromatic nitrogens is 4. The van der Waals surface area contributed by atoms with Crippen LogP contribution in [0, 0.1) is 12.7 Å². The minimum atomic E-state index is -4.75. The maximum Gasteiger partial charge on any atom is 0.425 e. The topological polar surface area (TPSA) is 91.0 Å². The standard InChI is InChI=1S/C26H23F4N5O3/c1-14-6-7-16-11-17(8-9-20(16)31-14)32-24(36)18-12-19(27)21(13-22(18)38-15(2)26(28,29)30)35-25(37)34-10-4-3-5-23(34)33-35/h6-9,11-13,15H,3-5,10H2,1-2H3,(H,32,36). The van der Waals surface area contributed by atoms with Gasteiger partial charge in [0, 0.05) is 35.8 Å². The lowest BCUT2D eigenvalue weighted by atomic mass is 10.1. The Hall–Kier alpha value is -4.22. The van der Waals surface area contributed by atoms with Crippen molar-refractivity contribution in [3.63, 3.8) is 0 Å². The Balaban J connectivity index is 1.55. The van der Waals surface area contributed by atoms with Crippen molar-refractivity contribution in [2.24, 2.45) is 0 Å². The number of benzene rings is 2. The number of anilines is 1. The number of fused-ring (bicyclic) bond motifs is 2. The molecule has 0 saturated carbocycles. The van der Waals surface area contributed by atoms with Crippen LogP contribution in [0.25, 0.3) is 16.6 Å². The Morgan fingerprint density at radius 2 is 1.92 bits per heavy atom. The normalized spacial score (nSPS) is 14.3. The Kier molecular flexibility index (Phi) is 6.41. The predicted octanol–water partition coefficient (Wildman–Crippen LogP) is 4.95. The maximum absolute atomic E-state index is 15.3. The van der Waals surface area contributed by atoms with Gasteiger partial charge < -0.3 is 10.1 Å². The second-order valence-corrected chi connectivity index (χ2v) is 9.14. The van der Waals surface area contributed by atoms with Gasteiger partial charge in [0.15, 0.2) is 6.10 Å². The summed E-state index contributed by atoms with van der Waals surface area (Å²) in [5, 5.41) is 7.47. The molecule has 38 heavy (non-hydrogen) atoms. The van der Waals surface area contributed by atoms with Crippen LogP contribution in [-0.2, 0) is 13.0 Å². The molecule has 0 fully saturated rings. The van der Waals surface area contributed by atoms with Gasteiger partial charge >= 0.3 is 11.9 Å². The average molecular weight is 529 g/mol. The van der Waals surface area contributed by atoms with E-state index in [0.717, 1.165) is 47.7 Å². The first-order valence-corrected chi connectivity index (χ1v) is 12.0. The molecule has 1 unspecified atom stereocenters. The largest absolute Gasteiger partial charge is 0.480 e. The van der Waals surface area contributed by atoms with Crippen LogP contribution >= 0.6 is 0 Å². The van der Waals surface area contributed by atoms with E-state index >= 15 is 4.39 Å². The predicted molar refractivity (Wildman–Crippen MR) is 131 cm³/mol. The van der Waals surface area contributed by atoms with Gasteiger partial charge in [0.25, 0.3) is 5.91 Å². The van der Waals surface area contributed by atoms with Crippen LogP contribution in [0.4, 0.5) is 23.2 Å². The van der Waals surface area contributed by atoms with Crippen molar-refractivity contribution >= 4 is 22.5 Å². The van der Waals surface area contributed by atoms with Crippen LogP contribution in [0.5, 0.6) is 5.75 Å². The van der Waals surface area contributed by atoms with Crippen molar-refractivity contribution in [1.82, 2.24) is 19.3 Å². The number of hydrogen-bond acceptors (Lipinski definition) is 5. The van der Waals surface area contributed by atoms with Gasteiger partial charge in [-0.1, -0.05) is 6.07 Å². The molecule has 0 spiro atoms. The molecule has 0 bridgehead atoms. The summed E-state index contributed by atoms with van der Waals surface area (Å²) in [4.78, 5) is 30.4. The number of carbonyl (C=O) groups is 1. The molecule has 1 aliphatic heterocycles. The van der Waals surface area contributed by atoms with Crippen LogP contribution in [0.2, 0.25) is 0 Å². The number of amides is 1. The Morgan fingerprint density at radius 3 is 2.66 bits per heavy atom. The molecule has 1 N–H and O–H groups in total. The van der Waals surface area contributed by atoms with Gasteiger partial charge in [0.05, 0.1) is 11.1 Å². The number of nitrogens with zero attached hydrogens (tertiary/aromatic N) is 4. The van der Waals surface area contributed by atoms with E-state index in [9.17, 15) is 22.8 Å². The SMILES string of the molecule is Cc1ccc2cc(NC(=O)c3cc(F)c(-n4nc5n(c4=O)CCCC5)cc3OC(C)C(F)(F)F)ccc2n1. The molecule has 12 heteroatoms. The summed E-state index contributed by atoms with van der Waals surface area (Å²) >= 11 is 0. The molecule has 198 valence electrons. The highest BCUT2D eigenvalue weighted by atomic mass is 19.4. The molecule has 0 saturated heterocycles. The van der Waals surface area contributed by atoms with Crippen molar-refractivity contribution in [2.45, 2.75) is 51.9 Å². The fraction of sp³-hybridized carbons (Fsp3) is 0.308. The van der Waals surface area contributed by atoms with E-state index in [0.29, 0.717) is 30.0 Å². The zero-order valence-electron chi connectivity index (χ0n) is 20.5. The molecule has 0 radical (unpaired) electrons. The number of halogens is 4. The van der Waals surface area contributed by atoms with E-state index < -0.39 is 46.7 Å². The molecule has 4 aromatic rings. The number of alkyl halides is 3. The lowest BCUT2D eigenvalue weighted by Crippen LogP contribution is -2.32. The summed E-state index contributed by atoms with van der Waals surface area (Å²) in [7, 11) is 0. The Labute approximate surface area is 213 Å². The van der Waals surface area contributed by atoms with Crippen molar-refractivity contribution in [2.75, 3.05) is 5.32 Å². The van der Waals surface area contributed by atoms with Gasteiger partial charge in [-0.05, 0) is 57.0 Å². The summed E-state index contributed by atoms with van der Waals surface area (Å²) in [6.07, 6.45) is -4.99. The third-order valence-electron chi connectivity index (χ3n) is 6.34. The molecule has 3 heterocycles.